The van der Waals surface area contributed by atoms with Crippen molar-refractivity contribution in [1.29, 1.82) is 0 Å². The molecule has 0 saturated heterocycles. The van der Waals surface area contributed by atoms with E-state index in [9.17, 15) is 36.2 Å². The average Bonchev–Trinajstić information content (AvgIpc) is 3.11. The van der Waals surface area contributed by atoms with Gasteiger partial charge in [0.2, 0.25) is 5.60 Å². The molecular weight excluding hydrogens is 424 g/mol. The maximum Gasteiger partial charge on any atom is 0.426 e. The number of pyridine rings is 1. The van der Waals surface area contributed by atoms with E-state index in [4.69, 9.17) is 10.2 Å². The summed E-state index contributed by atoms with van der Waals surface area (Å²) in [4.78, 5) is 15.8. The third-order valence-corrected chi connectivity index (χ3v) is 4.52. The molecular formula is C16H15F6N5O3. The van der Waals surface area contributed by atoms with Crippen LogP contribution in [0.2, 0.25) is 0 Å². The smallest absolute Gasteiger partial charge is 0.416 e. The van der Waals surface area contributed by atoms with Gasteiger partial charge in [-0.2, -0.15) is 26.3 Å². The van der Waals surface area contributed by atoms with Crippen LogP contribution in [0.4, 0.5) is 32.0 Å². The monoisotopic (exact) mass is 439 g/mol. The zero-order valence-electron chi connectivity index (χ0n) is 15.1. The van der Waals surface area contributed by atoms with Crippen LogP contribution in [-0.4, -0.2) is 38.9 Å². The molecule has 164 valence electrons. The third kappa shape index (κ3) is 3.91. The second-order valence-electron chi connectivity index (χ2n) is 6.66. The lowest BCUT2D eigenvalue weighted by Crippen LogP contribution is -2.42. The summed E-state index contributed by atoms with van der Waals surface area (Å²) in [5.74, 6) is -3.12. The summed E-state index contributed by atoms with van der Waals surface area (Å²) >= 11 is 0. The molecule has 0 aromatic carbocycles. The first-order chi connectivity index (χ1) is 13.8. The molecule has 14 heteroatoms. The lowest BCUT2D eigenvalue weighted by atomic mass is 9.95. The molecule has 2 aromatic rings. The van der Waals surface area contributed by atoms with Gasteiger partial charge in [0.05, 0.1) is 11.3 Å². The van der Waals surface area contributed by atoms with Crippen LogP contribution in [0.15, 0.2) is 10.5 Å². The first kappa shape index (κ1) is 21.8. The van der Waals surface area contributed by atoms with E-state index in [-0.39, 0.29) is 25.8 Å². The molecule has 4 bridgehead atoms. The number of amides is 1. The predicted molar refractivity (Wildman–Crippen MR) is 87.7 cm³/mol. The van der Waals surface area contributed by atoms with Crippen molar-refractivity contribution in [2.24, 2.45) is 0 Å². The minimum atomic E-state index is -5.16. The topological polar surface area (TPSA) is 127 Å². The number of halogens is 6. The lowest BCUT2D eigenvalue weighted by molar-refractivity contribution is -0.277. The number of nitrogens with two attached hydrogens (primary N) is 1. The fourth-order valence-corrected chi connectivity index (χ4v) is 2.91. The Balaban J connectivity index is 2.20. The van der Waals surface area contributed by atoms with Gasteiger partial charge in [-0.15, -0.1) is 10.2 Å². The molecule has 0 radical (unpaired) electrons. The number of nitrogens with zero attached hydrogens (tertiary/aromatic N) is 3. The Hall–Kier alpha value is -2.90. The standard InChI is InChI=1S/C16H15F6N5O3/c17-15(18,19)7-6-8(23)10-12-26-27-13(30-12)14(29,16(20,21)22)4-2-1-3-5-24-11(28)9(7)25-10/h6,29H,1-5,23H2,(H,24,28)/t14-/m0/s1. The highest BCUT2D eigenvalue weighted by atomic mass is 19.4. The molecule has 0 unspecified atom stereocenters. The molecule has 1 amide bonds. The molecule has 1 aliphatic heterocycles. The average molecular weight is 439 g/mol. The van der Waals surface area contributed by atoms with E-state index in [2.05, 4.69) is 20.5 Å². The number of anilines is 1. The zero-order chi connectivity index (χ0) is 22.3. The Labute approximate surface area is 164 Å². The maximum absolute atomic E-state index is 13.5. The van der Waals surface area contributed by atoms with Gasteiger partial charge in [0.15, 0.2) is 5.69 Å². The minimum Gasteiger partial charge on any atom is -0.416 e. The van der Waals surface area contributed by atoms with Gasteiger partial charge in [-0.05, 0) is 25.3 Å². The largest absolute Gasteiger partial charge is 0.426 e. The first-order valence-electron chi connectivity index (χ1n) is 8.64. The van der Waals surface area contributed by atoms with E-state index in [1.165, 1.54) is 0 Å². The van der Waals surface area contributed by atoms with Gasteiger partial charge in [-0.3, -0.25) is 4.79 Å². The highest BCUT2D eigenvalue weighted by molar-refractivity contribution is 5.95. The summed E-state index contributed by atoms with van der Waals surface area (Å²) < 4.78 is 85.4. The second kappa shape index (κ2) is 7.41. The highest BCUT2D eigenvalue weighted by Crippen LogP contribution is 2.43. The third-order valence-electron chi connectivity index (χ3n) is 4.52. The highest BCUT2D eigenvalue weighted by Gasteiger charge is 2.58. The number of hydrogen-bond donors (Lipinski definition) is 3. The molecule has 1 atom stereocenters. The number of nitrogens with one attached hydrogen (secondary N) is 1. The number of fused-ring (bicyclic) bond motifs is 5. The van der Waals surface area contributed by atoms with Crippen molar-refractivity contribution >= 4 is 11.6 Å². The molecule has 0 aliphatic carbocycles. The van der Waals surface area contributed by atoms with E-state index in [0.717, 1.165) is 0 Å². The van der Waals surface area contributed by atoms with Crippen molar-refractivity contribution < 1.29 is 40.7 Å². The number of nitrogen functional groups attached to an aromatic ring is 1. The number of alkyl halides is 6. The van der Waals surface area contributed by atoms with Gasteiger partial charge >= 0.3 is 12.4 Å². The zero-order valence-corrected chi connectivity index (χ0v) is 15.1. The second-order valence-corrected chi connectivity index (χ2v) is 6.66. The van der Waals surface area contributed by atoms with Crippen molar-refractivity contribution in [2.45, 2.75) is 43.6 Å². The fourth-order valence-electron chi connectivity index (χ4n) is 2.91. The van der Waals surface area contributed by atoms with Crippen LogP contribution in [0.1, 0.15) is 47.6 Å². The number of carbonyl (C=O) groups excluding carboxylic acids is 1. The van der Waals surface area contributed by atoms with Crippen LogP contribution in [0, 0.1) is 0 Å². The van der Waals surface area contributed by atoms with Gasteiger partial charge in [0, 0.05) is 6.54 Å². The molecule has 0 saturated carbocycles. The number of carbonyl (C=O) groups is 1. The Morgan fingerprint density at radius 1 is 1.10 bits per heavy atom. The van der Waals surface area contributed by atoms with E-state index in [1.54, 1.807) is 0 Å². The molecule has 3 rings (SSSR count). The van der Waals surface area contributed by atoms with Crippen LogP contribution in [-0.2, 0) is 11.8 Å². The number of rotatable bonds is 0. The number of hydrogen-bond acceptors (Lipinski definition) is 7. The van der Waals surface area contributed by atoms with Crippen molar-refractivity contribution in [1.82, 2.24) is 20.5 Å². The van der Waals surface area contributed by atoms with Crippen LogP contribution in [0.5, 0.6) is 0 Å². The molecule has 3 heterocycles. The van der Waals surface area contributed by atoms with Crippen LogP contribution in [0.3, 0.4) is 0 Å². The van der Waals surface area contributed by atoms with E-state index in [1.807, 2.05) is 0 Å². The quantitative estimate of drug-likeness (QED) is 0.539. The van der Waals surface area contributed by atoms with E-state index >= 15 is 0 Å². The van der Waals surface area contributed by atoms with Crippen molar-refractivity contribution in [3.05, 3.63) is 23.2 Å². The SMILES string of the molecule is Nc1cc(C(F)(F)F)c2nc1-c1nnc(o1)[C@](O)(C(F)(F)F)CCCCCNC2=O. The van der Waals surface area contributed by atoms with Gasteiger partial charge in [0.1, 0.15) is 5.69 Å². The molecule has 0 spiro atoms. The van der Waals surface area contributed by atoms with Crippen LogP contribution in [0.25, 0.3) is 11.6 Å². The fraction of sp³-hybridized carbons (Fsp3) is 0.500. The van der Waals surface area contributed by atoms with Crippen LogP contribution < -0.4 is 11.1 Å². The van der Waals surface area contributed by atoms with E-state index < -0.39 is 64.7 Å². The predicted octanol–water partition coefficient (Wildman–Crippen LogP) is 2.79. The van der Waals surface area contributed by atoms with E-state index in [0.29, 0.717) is 6.07 Å². The minimum absolute atomic E-state index is 0.111. The Bertz CT molecular complexity index is 958. The summed E-state index contributed by atoms with van der Waals surface area (Å²) in [6, 6.07) is 0.406. The molecule has 0 fully saturated rings. The molecule has 8 nitrogen and oxygen atoms in total. The van der Waals surface area contributed by atoms with Crippen molar-refractivity contribution in [3.8, 4) is 11.6 Å². The first-order valence-corrected chi connectivity index (χ1v) is 8.64. The number of aromatic nitrogens is 3. The van der Waals surface area contributed by atoms with Gasteiger partial charge in [0.25, 0.3) is 17.7 Å². The Kier molecular flexibility index (Phi) is 5.39. The van der Waals surface area contributed by atoms with Crippen molar-refractivity contribution in [2.75, 3.05) is 12.3 Å². The summed E-state index contributed by atoms with van der Waals surface area (Å²) in [6.45, 7) is -0.111. The Morgan fingerprint density at radius 2 is 1.80 bits per heavy atom. The van der Waals surface area contributed by atoms with Gasteiger partial charge < -0.3 is 20.6 Å². The summed E-state index contributed by atoms with van der Waals surface area (Å²) in [7, 11) is 0. The van der Waals surface area contributed by atoms with Gasteiger partial charge in [-0.25, -0.2) is 4.98 Å². The molecule has 1 aliphatic rings. The molecule has 4 N–H and O–H groups in total. The summed E-state index contributed by atoms with van der Waals surface area (Å²) in [5.41, 5.74) is -1.65. The lowest BCUT2D eigenvalue weighted by Gasteiger charge is -2.27. The van der Waals surface area contributed by atoms with Gasteiger partial charge in [-0.1, -0.05) is 6.42 Å². The molecule has 30 heavy (non-hydrogen) atoms. The summed E-state index contributed by atoms with van der Waals surface area (Å²) in [5, 5.41) is 19.0. The molecule has 2 aromatic heterocycles. The maximum atomic E-state index is 13.5. The van der Waals surface area contributed by atoms with Crippen LogP contribution >= 0.6 is 0 Å². The summed E-state index contributed by atoms with van der Waals surface area (Å²) in [6.07, 6.45) is -10.8. The number of aliphatic hydroxyl groups is 1. The van der Waals surface area contributed by atoms with Crippen molar-refractivity contribution in [3.63, 3.8) is 0 Å². The normalized spacial score (nSPS) is 21.1. The Morgan fingerprint density at radius 3 is 2.43 bits per heavy atom.